The van der Waals surface area contributed by atoms with Gasteiger partial charge in [-0.25, -0.2) is 8.78 Å². The number of rotatable bonds is 3. The third-order valence-electron chi connectivity index (χ3n) is 3.71. The molecular weight excluding hydrogens is 300 g/mol. The normalized spacial score (nSPS) is 19.9. The van der Waals surface area contributed by atoms with Crippen LogP contribution < -0.4 is 4.90 Å². The molecule has 1 aromatic carbocycles. The van der Waals surface area contributed by atoms with Crippen LogP contribution in [0.3, 0.4) is 0 Å². The molecule has 1 unspecified atom stereocenters. The minimum absolute atomic E-state index is 0.142. The van der Waals surface area contributed by atoms with Crippen molar-refractivity contribution < 1.29 is 8.78 Å². The summed E-state index contributed by atoms with van der Waals surface area (Å²) in [5, 5.41) is 0.468. The second-order valence-corrected chi connectivity index (χ2v) is 5.84. The van der Waals surface area contributed by atoms with Crippen molar-refractivity contribution in [1.29, 1.82) is 0 Å². The predicted molar refractivity (Wildman–Crippen MR) is 74.1 cm³/mol. The molecule has 1 aliphatic rings. The monoisotopic (exact) mass is 317 g/mol. The molecule has 18 heavy (non-hydrogen) atoms. The predicted octanol–water partition coefficient (Wildman–Crippen LogP) is 4.34. The first-order valence-corrected chi connectivity index (χ1v) is 7.44. The molecule has 0 saturated carbocycles. The molecule has 0 bridgehead atoms. The Kier molecular flexibility index (Phi) is 4.25. The fourth-order valence-corrected chi connectivity index (χ4v) is 2.86. The van der Waals surface area contributed by atoms with Crippen LogP contribution in [0, 0.1) is 23.5 Å². The lowest BCUT2D eigenvalue weighted by molar-refractivity contribution is 0.422. The maximum Gasteiger partial charge on any atom is 0.149 e. The minimum Gasteiger partial charge on any atom is -0.366 e. The molecule has 1 aliphatic heterocycles. The van der Waals surface area contributed by atoms with Gasteiger partial charge in [0.1, 0.15) is 17.3 Å². The van der Waals surface area contributed by atoms with E-state index in [1.165, 1.54) is 12.1 Å². The van der Waals surface area contributed by atoms with Gasteiger partial charge in [-0.05, 0) is 36.0 Å². The number of hydrogen-bond acceptors (Lipinski definition) is 1. The summed E-state index contributed by atoms with van der Waals surface area (Å²) in [4.78, 5) is 1.84. The first kappa shape index (κ1) is 13.8. The van der Waals surface area contributed by atoms with Crippen LogP contribution in [0.2, 0.25) is 0 Å². The van der Waals surface area contributed by atoms with Crippen molar-refractivity contribution in [1.82, 2.24) is 0 Å². The first-order valence-electron chi connectivity index (χ1n) is 6.31. The Hall–Kier alpha value is -0.640. The summed E-state index contributed by atoms with van der Waals surface area (Å²) >= 11 is 3.22. The molecule has 1 saturated heterocycles. The van der Waals surface area contributed by atoms with E-state index in [-0.39, 0.29) is 5.69 Å². The number of alkyl halides is 1. The third kappa shape index (κ3) is 2.68. The zero-order valence-electron chi connectivity index (χ0n) is 10.7. The second-order valence-electron chi connectivity index (χ2n) is 5.28. The molecular formula is C14H18BrF2N. The van der Waals surface area contributed by atoms with E-state index in [0.717, 1.165) is 19.5 Å². The Morgan fingerprint density at radius 3 is 2.39 bits per heavy atom. The van der Waals surface area contributed by atoms with Crippen molar-refractivity contribution in [2.24, 2.45) is 11.8 Å². The zero-order valence-corrected chi connectivity index (χ0v) is 12.3. The highest BCUT2D eigenvalue weighted by Gasteiger charge is 2.28. The van der Waals surface area contributed by atoms with Crippen LogP contribution >= 0.6 is 15.9 Å². The SMILES string of the molecule is CC(C)C1CCN(c2c(F)cc(CBr)cc2F)C1. The van der Waals surface area contributed by atoms with E-state index in [9.17, 15) is 8.78 Å². The Morgan fingerprint density at radius 2 is 1.94 bits per heavy atom. The summed E-state index contributed by atoms with van der Waals surface area (Å²) in [6, 6.07) is 2.83. The summed E-state index contributed by atoms with van der Waals surface area (Å²) in [5.74, 6) is 0.185. The molecule has 1 fully saturated rings. The lowest BCUT2D eigenvalue weighted by Gasteiger charge is -2.21. The molecule has 0 aliphatic carbocycles. The molecule has 0 spiro atoms. The maximum absolute atomic E-state index is 14.0. The van der Waals surface area contributed by atoms with E-state index in [2.05, 4.69) is 29.8 Å². The highest BCUT2D eigenvalue weighted by atomic mass is 79.9. The van der Waals surface area contributed by atoms with E-state index >= 15 is 0 Å². The van der Waals surface area contributed by atoms with Gasteiger partial charge in [0.25, 0.3) is 0 Å². The molecule has 1 atom stereocenters. The van der Waals surface area contributed by atoms with Crippen LogP contribution in [0.4, 0.5) is 14.5 Å². The molecule has 0 radical (unpaired) electrons. The lowest BCUT2D eigenvalue weighted by atomic mass is 9.95. The van der Waals surface area contributed by atoms with Gasteiger partial charge in [-0.2, -0.15) is 0 Å². The van der Waals surface area contributed by atoms with E-state index in [0.29, 0.717) is 22.7 Å². The molecule has 4 heteroatoms. The molecule has 0 N–H and O–H groups in total. The number of benzene rings is 1. The second kappa shape index (κ2) is 5.55. The van der Waals surface area contributed by atoms with Crippen LogP contribution in [0.25, 0.3) is 0 Å². The van der Waals surface area contributed by atoms with Crippen molar-refractivity contribution in [2.45, 2.75) is 25.6 Å². The van der Waals surface area contributed by atoms with Gasteiger partial charge in [0.15, 0.2) is 0 Å². The van der Waals surface area contributed by atoms with Gasteiger partial charge in [0.05, 0.1) is 0 Å². The molecule has 1 heterocycles. The summed E-state index contributed by atoms with van der Waals surface area (Å²) in [5.41, 5.74) is 0.774. The topological polar surface area (TPSA) is 3.24 Å². The van der Waals surface area contributed by atoms with Crippen molar-refractivity contribution in [2.75, 3.05) is 18.0 Å². The highest BCUT2D eigenvalue weighted by Crippen LogP contribution is 2.32. The first-order chi connectivity index (χ1) is 8.52. The van der Waals surface area contributed by atoms with Gasteiger partial charge in [-0.15, -0.1) is 0 Å². The van der Waals surface area contributed by atoms with Crippen LogP contribution in [-0.2, 0) is 5.33 Å². The van der Waals surface area contributed by atoms with E-state index in [4.69, 9.17) is 0 Å². The van der Waals surface area contributed by atoms with Gasteiger partial charge in [0, 0.05) is 18.4 Å². The molecule has 0 amide bonds. The molecule has 100 valence electrons. The number of hydrogen-bond donors (Lipinski definition) is 0. The van der Waals surface area contributed by atoms with E-state index in [1.807, 2.05) is 4.90 Å². The van der Waals surface area contributed by atoms with Gasteiger partial charge >= 0.3 is 0 Å². The number of halogens is 3. The largest absolute Gasteiger partial charge is 0.366 e. The Morgan fingerprint density at radius 1 is 1.33 bits per heavy atom. The van der Waals surface area contributed by atoms with Crippen molar-refractivity contribution in [3.63, 3.8) is 0 Å². The fourth-order valence-electron chi connectivity index (χ4n) is 2.53. The smallest absolute Gasteiger partial charge is 0.149 e. The average Bonchev–Trinajstić information content (AvgIpc) is 2.77. The van der Waals surface area contributed by atoms with Crippen LogP contribution in [0.1, 0.15) is 25.8 Å². The molecule has 2 rings (SSSR count). The van der Waals surface area contributed by atoms with Crippen molar-refractivity contribution in [3.8, 4) is 0 Å². The van der Waals surface area contributed by atoms with Gasteiger partial charge < -0.3 is 4.90 Å². The molecule has 1 nitrogen and oxygen atoms in total. The van der Waals surface area contributed by atoms with Crippen LogP contribution in [-0.4, -0.2) is 13.1 Å². The summed E-state index contributed by atoms with van der Waals surface area (Å²) in [6.45, 7) is 5.81. The average molecular weight is 318 g/mol. The summed E-state index contributed by atoms with van der Waals surface area (Å²) < 4.78 is 28.0. The number of anilines is 1. The highest BCUT2D eigenvalue weighted by molar-refractivity contribution is 9.08. The molecule has 0 aromatic heterocycles. The Balaban J connectivity index is 2.24. The Bertz CT molecular complexity index is 411. The standard InChI is InChI=1S/C14H18BrF2N/c1-9(2)11-3-4-18(8-11)14-12(16)5-10(7-15)6-13(14)17/h5-6,9,11H,3-4,7-8H2,1-2H3. The quantitative estimate of drug-likeness (QED) is 0.749. The van der Waals surface area contributed by atoms with Gasteiger partial charge in [-0.1, -0.05) is 29.8 Å². The van der Waals surface area contributed by atoms with Gasteiger partial charge in [-0.3, -0.25) is 0 Å². The fraction of sp³-hybridized carbons (Fsp3) is 0.571. The number of nitrogens with zero attached hydrogens (tertiary/aromatic N) is 1. The summed E-state index contributed by atoms with van der Waals surface area (Å²) in [6.07, 6.45) is 1.01. The third-order valence-corrected chi connectivity index (χ3v) is 4.36. The van der Waals surface area contributed by atoms with E-state index < -0.39 is 11.6 Å². The molecule has 1 aromatic rings. The zero-order chi connectivity index (χ0) is 13.3. The van der Waals surface area contributed by atoms with Crippen LogP contribution in [0.15, 0.2) is 12.1 Å². The van der Waals surface area contributed by atoms with Crippen molar-refractivity contribution >= 4 is 21.6 Å². The minimum atomic E-state index is -0.450. The Labute approximate surface area is 115 Å². The maximum atomic E-state index is 14.0. The van der Waals surface area contributed by atoms with Crippen LogP contribution in [0.5, 0.6) is 0 Å². The van der Waals surface area contributed by atoms with Crippen molar-refractivity contribution in [3.05, 3.63) is 29.3 Å². The summed E-state index contributed by atoms with van der Waals surface area (Å²) in [7, 11) is 0. The lowest BCUT2D eigenvalue weighted by Crippen LogP contribution is -2.23. The van der Waals surface area contributed by atoms with E-state index in [1.54, 1.807) is 0 Å². The van der Waals surface area contributed by atoms with Gasteiger partial charge in [0.2, 0.25) is 0 Å².